The third kappa shape index (κ3) is 5.77. The largest absolute Gasteiger partial charge is 0.467 e. The molecule has 1 atom stereocenters. The van der Waals surface area contributed by atoms with Gasteiger partial charge >= 0.3 is 5.97 Å². The van der Waals surface area contributed by atoms with Gasteiger partial charge in [0.15, 0.2) is 0 Å². The number of amides is 1. The van der Waals surface area contributed by atoms with E-state index in [9.17, 15) is 9.59 Å². The number of hydrogen-bond acceptors (Lipinski definition) is 7. The van der Waals surface area contributed by atoms with Crippen LogP contribution < -0.4 is 5.32 Å². The first-order valence-corrected chi connectivity index (χ1v) is 7.78. The van der Waals surface area contributed by atoms with Crippen LogP contribution in [-0.2, 0) is 30.2 Å². The summed E-state index contributed by atoms with van der Waals surface area (Å²) in [7, 11) is 2.81. The van der Waals surface area contributed by atoms with Crippen LogP contribution >= 0.6 is 0 Å². The Balaban J connectivity index is 2.01. The number of benzene rings is 1. The van der Waals surface area contributed by atoms with E-state index in [1.165, 1.54) is 7.11 Å². The van der Waals surface area contributed by atoms with Crippen molar-refractivity contribution < 1.29 is 23.8 Å². The van der Waals surface area contributed by atoms with Gasteiger partial charge in [-0.15, -0.1) is 0 Å². The van der Waals surface area contributed by atoms with Gasteiger partial charge < -0.3 is 19.5 Å². The zero-order valence-electron chi connectivity index (χ0n) is 14.2. The lowest BCUT2D eigenvalue weighted by Crippen LogP contribution is -2.44. The highest BCUT2D eigenvalue weighted by Crippen LogP contribution is 2.10. The SMILES string of the molecule is COCCOCC(=O)N[C@H](Cc1cnc2ccccc2n1)C(=O)OC. The van der Waals surface area contributed by atoms with Crippen LogP contribution in [0.15, 0.2) is 30.5 Å². The maximum absolute atomic E-state index is 11.9. The maximum Gasteiger partial charge on any atom is 0.328 e. The molecule has 2 rings (SSSR count). The number of carbonyl (C=O) groups is 2. The number of ether oxygens (including phenoxy) is 3. The predicted octanol–water partition coefficient (Wildman–Crippen LogP) is 0.493. The van der Waals surface area contributed by atoms with Gasteiger partial charge in [-0.25, -0.2) is 9.78 Å². The molecule has 0 unspecified atom stereocenters. The van der Waals surface area contributed by atoms with Crippen LogP contribution in [0.25, 0.3) is 11.0 Å². The van der Waals surface area contributed by atoms with Gasteiger partial charge in [0.05, 0.1) is 37.1 Å². The zero-order valence-corrected chi connectivity index (χ0v) is 14.2. The number of rotatable bonds is 9. The molecule has 2 aromatic rings. The van der Waals surface area contributed by atoms with Gasteiger partial charge in [0, 0.05) is 19.7 Å². The van der Waals surface area contributed by atoms with Crippen molar-refractivity contribution in [3.63, 3.8) is 0 Å². The molecule has 0 aliphatic heterocycles. The Morgan fingerprint density at radius 2 is 1.92 bits per heavy atom. The summed E-state index contributed by atoms with van der Waals surface area (Å²) in [5, 5.41) is 2.59. The van der Waals surface area contributed by atoms with Gasteiger partial charge in [0.25, 0.3) is 0 Å². The van der Waals surface area contributed by atoms with E-state index in [0.717, 1.165) is 11.0 Å². The van der Waals surface area contributed by atoms with Gasteiger partial charge in [-0.05, 0) is 12.1 Å². The van der Waals surface area contributed by atoms with Crippen LogP contribution in [0.4, 0.5) is 0 Å². The molecule has 25 heavy (non-hydrogen) atoms. The quantitative estimate of drug-likeness (QED) is 0.520. The number of nitrogens with zero attached hydrogens (tertiary/aromatic N) is 2. The molecule has 0 spiro atoms. The van der Waals surface area contributed by atoms with Crippen molar-refractivity contribution >= 4 is 22.9 Å². The highest BCUT2D eigenvalue weighted by atomic mass is 16.5. The van der Waals surface area contributed by atoms with Crippen molar-refractivity contribution in [2.24, 2.45) is 0 Å². The smallest absolute Gasteiger partial charge is 0.328 e. The minimum absolute atomic E-state index is 0.166. The summed E-state index contributed by atoms with van der Waals surface area (Å²) in [6.07, 6.45) is 1.76. The lowest BCUT2D eigenvalue weighted by molar-refractivity contribution is -0.145. The summed E-state index contributed by atoms with van der Waals surface area (Å²) in [6.45, 7) is 0.517. The summed E-state index contributed by atoms with van der Waals surface area (Å²) in [5.41, 5.74) is 2.06. The molecule has 0 aliphatic rings. The van der Waals surface area contributed by atoms with E-state index in [2.05, 4.69) is 15.3 Å². The molecule has 8 nitrogen and oxygen atoms in total. The first-order valence-electron chi connectivity index (χ1n) is 7.78. The van der Waals surface area contributed by atoms with Crippen LogP contribution in [0, 0.1) is 0 Å². The van der Waals surface area contributed by atoms with E-state index in [1.807, 2.05) is 24.3 Å². The van der Waals surface area contributed by atoms with Gasteiger partial charge in [-0.1, -0.05) is 12.1 Å². The molecule has 1 aromatic carbocycles. The molecule has 8 heteroatoms. The Bertz CT molecular complexity index is 722. The van der Waals surface area contributed by atoms with Crippen LogP contribution in [0.2, 0.25) is 0 Å². The average molecular weight is 347 g/mol. The molecule has 134 valence electrons. The fraction of sp³-hybridized carbons (Fsp3) is 0.412. The third-order valence-corrected chi connectivity index (χ3v) is 3.40. The van der Waals surface area contributed by atoms with Crippen molar-refractivity contribution in [1.82, 2.24) is 15.3 Å². The second-order valence-electron chi connectivity index (χ2n) is 5.24. The highest BCUT2D eigenvalue weighted by molar-refractivity contribution is 5.85. The first-order chi connectivity index (χ1) is 12.1. The van der Waals surface area contributed by atoms with Crippen LogP contribution in [-0.4, -0.2) is 61.9 Å². The van der Waals surface area contributed by atoms with E-state index >= 15 is 0 Å². The van der Waals surface area contributed by atoms with Crippen LogP contribution in [0.1, 0.15) is 5.69 Å². The van der Waals surface area contributed by atoms with E-state index in [0.29, 0.717) is 18.9 Å². The Labute approximate surface area is 145 Å². The zero-order chi connectivity index (χ0) is 18.1. The Morgan fingerprint density at radius 3 is 2.64 bits per heavy atom. The molecule has 1 heterocycles. The number of fused-ring (bicyclic) bond motifs is 1. The minimum atomic E-state index is -0.862. The fourth-order valence-electron chi connectivity index (χ4n) is 2.18. The predicted molar refractivity (Wildman–Crippen MR) is 89.9 cm³/mol. The standard InChI is InChI=1S/C17H21N3O5/c1-23-7-8-25-11-16(21)20-15(17(22)24-2)9-12-10-18-13-5-3-4-6-14(13)19-12/h3-6,10,15H,7-9,11H2,1-2H3,(H,20,21)/t15-/m1/s1. The Hall–Kier alpha value is -2.58. The molecule has 1 aromatic heterocycles. The van der Waals surface area contributed by atoms with Gasteiger partial charge in [0.2, 0.25) is 5.91 Å². The van der Waals surface area contributed by atoms with Crippen LogP contribution in [0.3, 0.4) is 0 Å². The lowest BCUT2D eigenvalue weighted by Gasteiger charge is -2.16. The van der Waals surface area contributed by atoms with Gasteiger partial charge in [0.1, 0.15) is 12.6 Å². The van der Waals surface area contributed by atoms with Crippen molar-refractivity contribution in [1.29, 1.82) is 0 Å². The summed E-state index contributed by atoms with van der Waals surface area (Å²) >= 11 is 0. The fourth-order valence-corrected chi connectivity index (χ4v) is 2.18. The maximum atomic E-state index is 11.9. The highest BCUT2D eigenvalue weighted by Gasteiger charge is 2.23. The molecule has 0 saturated heterocycles. The second-order valence-corrected chi connectivity index (χ2v) is 5.24. The molecule has 0 fully saturated rings. The summed E-state index contributed by atoms with van der Waals surface area (Å²) in [4.78, 5) is 32.6. The second kappa shape index (κ2) is 9.65. The van der Waals surface area contributed by atoms with Crippen molar-refractivity contribution in [2.75, 3.05) is 34.0 Å². The normalized spacial score (nSPS) is 11.9. The number of para-hydroxylation sites is 2. The van der Waals surface area contributed by atoms with E-state index in [-0.39, 0.29) is 13.0 Å². The average Bonchev–Trinajstić information content (AvgIpc) is 2.64. The number of esters is 1. The van der Waals surface area contributed by atoms with E-state index in [1.54, 1.807) is 13.3 Å². The van der Waals surface area contributed by atoms with Crippen molar-refractivity contribution in [3.8, 4) is 0 Å². The molecular weight excluding hydrogens is 326 g/mol. The molecule has 0 bridgehead atoms. The first kappa shape index (κ1) is 18.8. The number of hydrogen-bond donors (Lipinski definition) is 1. The number of aromatic nitrogens is 2. The molecular formula is C17H21N3O5. The minimum Gasteiger partial charge on any atom is -0.467 e. The Kier molecular flexibility index (Phi) is 7.24. The number of nitrogens with one attached hydrogen (secondary N) is 1. The topological polar surface area (TPSA) is 99.6 Å². The van der Waals surface area contributed by atoms with Gasteiger partial charge in [-0.3, -0.25) is 9.78 Å². The molecule has 0 saturated carbocycles. The van der Waals surface area contributed by atoms with Crippen molar-refractivity contribution in [3.05, 3.63) is 36.2 Å². The molecule has 1 amide bonds. The van der Waals surface area contributed by atoms with Crippen molar-refractivity contribution in [2.45, 2.75) is 12.5 Å². The summed E-state index contributed by atoms with van der Waals surface area (Å²) in [5.74, 6) is -0.972. The molecule has 0 aliphatic carbocycles. The number of methoxy groups -OCH3 is 2. The number of carbonyl (C=O) groups excluding carboxylic acids is 2. The third-order valence-electron chi connectivity index (χ3n) is 3.40. The lowest BCUT2D eigenvalue weighted by atomic mass is 10.1. The monoisotopic (exact) mass is 347 g/mol. The molecule has 0 radical (unpaired) electrons. The van der Waals surface area contributed by atoms with E-state index in [4.69, 9.17) is 14.2 Å². The summed E-state index contributed by atoms with van der Waals surface area (Å²) in [6, 6.07) is 6.55. The summed E-state index contributed by atoms with van der Waals surface area (Å²) < 4.78 is 14.7. The van der Waals surface area contributed by atoms with Gasteiger partial charge in [-0.2, -0.15) is 0 Å². The van der Waals surface area contributed by atoms with E-state index < -0.39 is 17.9 Å². The van der Waals surface area contributed by atoms with Crippen LogP contribution in [0.5, 0.6) is 0 Å². The molecule has 1 N–H and O–H groups in total. The Morgan fingerprint density at radius 1 is 1.16 bits per heavy atom.